The number of carbonyl (C=O) groups is 1. The quantitative estimate of drug-likeness (QED) is 0.569. The number of carbonyl (C=O) groups excluding carboxylic acids is 1. The number of para-hydroxylation sites is 1. The number of hydrogen-bond acceptors (Lipinski definition) is 5. The number of halogens is 1. The number of anilines is 1. The smallest absolute Gasteiger partial charge is 0.292 e. The van der Waals surface area contributed by atoms with Gasteiger partial charge in [0.2, 0.25) is 5.91 Å². The maximum absolute atomic E-state index is 12.7. The molecule has 1 fully saturated rings. The highest BCUT2D eigenvalue weighted by molar-refractivity contribution is 6.33. The molecule has 166 valence electrons. The molecule has 0 saturated carbocycles. The molecule has 0 atom stereocenters. The minimum atomic E-state index is -0.362. The van der Waals surface area contributed by atoms with Gasteiger partial charge in [-0.1, -0.05) is 29.8 Å². The summed E-state index contributed by atoms with van der Waals surface area (Å²) >= 11 is 6.42. The lowest BCUT2D eigenvalue weighted by Gasteiger charge is -2.35. The lowest BCUT2D eigenvalue weighted by molar-refractivity contribution is -0.126. The molecule has 32 heavy (non-hydrogen) atoms. The van der Waals surface area contributed by atoms with Crippen LogP contribution in [0.25, 0.3) is 11.8 Å². The number of aryl methyl sites for hydroxylation is 2. The van der Waals surface area contributed by atoms with E-state index in [2.05, 4.69) is 10.2 Å². The zero-order valence-corrected chi connectivity index (χ0v) is 19.1. The predicted molar refractivity (Wildman–Crippen MR) is 125 cm³/mol. The fourth-order valence-electron chi connectivity index (χ4n) is 3.86. The molecule has 1 amide bonds. The zero-order chi connectivity index (χ0) is 22.8. The number of nitrogens with zero attached hydrogens (tertiary/aromatic N) is 6. The van der Waals surface area contributed by atoms with Crippen LogP contribution >= 0.6 is 11.6 Å². The molecule has 0 N–H and O–H groups in total. The largest absolute Gasteiger partial charge is 0.365 e. The predicted octanol–water partition coefficient (Wildman–Crippen LogP) is 2.60. The van der Waals surface area contributed by atoms with E-state index < -0.39 is 0 Å². The van der Waals surface area contributed by atoms with Crippen molar-refractivity contribution in [3.05, 3.63) is 74.9 Å². The van der Waals surface area contributed by atoms with Crippen molar-refractivity contribution in [1.82, 2.24) is 24.5 Å². The first-order valence-corrected chi connectivity index (χ1v) is 10.8. The minimum absolute atomic E-state index is 0.0454. The van der Waals surface area contributed by atoms with Gasteiger partial charge in [-0.25, -0.2) is 0 Å². The molecule has 2 aromatic heterocycles. The van der Waals surface area contributed by atoms with Crippen LogP contribution in [0.4, 0.5) is 5.69 Å². The van der Waals surface area contributed by atoms with E-state index in [1.165, 1.54) is 4.68 Å². The van der Waals surface area contributed by atoms with Gasteiger partial charge in [0.25, 0.3) is 5.56 Å². The van der Waals surface area contributed by atoms with Gasteiger partial charge < -0.3 is 9.80 Å². The molecule has 0 bridgehead atoms. The number of amides is 1. The first-order valence-electron chi connectivity index (χ1n) is 10.4. The molecule has 0 aliphatic carbocycles. The van der Waals surface area contributed by atoms with Crippen LogP contribution < -0.4 is 10.5 Å². The second-order valence-electron chi connectivity index (χ2n) is 7.75. The molecule has 8 nitrogen and oxygen atoms in total. The number of rotatable bonds is 4. The summed E-state index contributed by atoms with van der Waals surface area (Å²) in [7, 11) is 1.89. The van der Waals surface area contributed by atoms with Crippen molar-refractivity contribution in [2.45, 2.75) is 13.8 Å². The van der Waals surface area contributed by atoms with Gasteiger partial charge in [-0.05, 0) is 32.1 Å². The van der Waals surface area contributed by atoms with Gasteiger partial charge in [0.05, 0.1) is 23.3 Å². The van der Waals surface area contributed by atoms with Gasteiger partial charge in [0.15, 0.2) is 0 Å². The Labute approximate surface area is 191 Å². The van der Waals surface area contributed by atoms with Crippen LogP contribution in [0.2, 0.25) is 5.02 Å². The number of piperazine rings is 1. The van der Waals surface area contributed by atoms with Crippen molar-refractivity contribution in [1.29, 1.82) is 0 Å². The Balaban J connectivity index is 1.43. The average Bonchev–Trinajstić information content (AvgIpc) is 3.05. The van der Waals surface area contributed by atoms with Gasteiger partial charge >= 0.3 is 0 Å². The molecule has 0 spiro atoms. The highest BCUT2D eigenvalue weighted by atomic mass is 35.5. The van der Waals surface area contributed by atoms with E-state index >= 15 is 0 Å². The van der Waals surface area contributed by atoms with Gasteiger partial charge in [-0.2, -0.15) is 14.9 Å². The second kappa shape index (κ2) is 9.00. The van der Waals surface area contributed by atoms with E-state index in [0.717, 1.165) is 17.0 Å². The molecule has 1 aliphatic rings. The van der Waals surface area contributed by atoms with Crippen LogP contribution in [0.15, 0.2) is 47.4 Å². The van der Waals surface area contributed by atoms with E-state index in [4.69, 9.17) is 11.6 Å². The summed E-state index contributed by atoms with van der Waals surface area (Å²) < 4.78 is 3.10. The lowest BCUT2D eigenvalue weighted by atomic mass is 10.2. The second-order valence-corrected chi connectivity index (χ2v) is 8.13. The van der Waals surface area contributed by atoms with Crippen molar-refractivity contribution in [3.63, 3.8) is 0 Å². The third-order valence-electron chi connectivity index (χ3n) is 5.79. The fraction of sp³-hybridized carbons (Fsp3) is 0.304. The summed E-state index contributed by atoms with van der Waals surface area (Å²) in [5, 5.41) is 8.80. The molecule has 9 heteroatoms. The molecule has 1 aromatic carbocycles. The summed E-state index contributed by atoms with van der Waals surface area (Å²) in [6.45, 7) is 6.12. The Morgan fingerprint density at radius 1 is 1.09 bits per heavy atom. The molecule has 1 aliphatic heterocycles. The molecule has 0 radical (unpaired) electrons. The van der Waals surface area contributed by atoms with Crippen LogP contribution in [0, 0.1) is 13.8 Å². The normalized spacial score (nSPS) is 14.4. The minimum Gasteiger partial charge on any atom is -0.365 e. The molecule has 3 aromatic rings. The Kier molecular flexibility index (Phi) is 6.14. The van der Waals surface area contributed by atoms with E-state index in [1.807, 2.05) is 54.8 Å². The Morgan fingerprint density at radius 3 is 2.41 bits per heavy atom. The molecule has 1 saturated heterocycles. The first-order chi connectivity index (χ1) is 15.4. The maximum Gasteiger partial charge on any atom is 0.292 e. The maximum atomic E-state index is 12.7. The number of aromatic nitrogens is 4. The molecular weight excluding hydrogens is 428 g/mol. The Bertz CT molecular complexity index is 1220. The van der Waals surface area contributed by atoms with Gasteiger partial charge in [0.1, 0.15) is 5.02 Å². The van der Waals surface area contributed by atoms with Crippen molar-refractivity contribution < 1.29 is 4.79 Å². The Hall–Kier alpha value is -3.39. The van der Waals surface area contributed by atoms with Gasteiger partial charge in [-0.15, -0.1) is 0 Å². The number of hydrogen-bond donors (Lipinski definition) is 0. The monoisotopic (exact) mass is 452 g/mol. The zero-order valence-electron chi connectivity index (χ0n) is 18.3. The summed E-state index contributed by atoms with van der Waals surface area (Å²) in [5.74, 6) is -0.0454. The van der Waals surface area contributed by atoms with Crippen LogP contribution in [0.3, 0.4) is 0 Å². The highest BCUT2D eigenvalue weighted by Gasteiger charge is 2.23. The summed E-state index contributed by atoms with van der Waals surface area (Å²) in [4.78, 5) is 29.2. The third-order valence-corrected chi connectivity index (χ3v) is 6.15. The standard InChI is InChI=1S/C23H25ClN6O2/c1-16-19(17(2)27(3)26-16)9-10-21(31)29-13-11-28(12-14-29)20-15-25-30(23(32)22(20)24)18-7-5-4-6-8-18/h4-10,15H,11-14H2,1-3H3. The van der Waals surface area contributed by atoms with Crippen molar-refractivity contribution in [3.8, 4) is 5.69 Å². The van der Waals surface area contributed by atoms with Crippen molar-refractivity contribution >= 4 is 29.3 Å². The van der Waals surface area contributed by atoms with Crippen LogP contribution in [-0.4, -0.2) is 56.5 Å². The fourth-order valence-corrected chi connectivity index (χ4v) is 4.10. The number of benzene rings is 1. The summed E-state index contributed by atoms with van der Waals surface area (Å²) in [5.41, 5.74) is 3.77. The van der Waals surface area contributed by atoms with Crippen LogP contribution in [0.1, 0.15) is 17.0 Å². The van der Waals surface area contributed by atoms with Crippen molar-refractivity contribution in [2.75, 3.05) is 31.1 Å². The molecular formula is C23H25ClN6O2. The molecule has 4 rings (SSSR count). The van der Waals surface area contributed by atoms with Gasteiger partial charge in [-0.3, -0.25) is 14.3 Å². The molecule has 3 heterocycles. The van der Waals surface area contributed by atoms with E-state index in [0.29, 0.717) is 37.6 Å². The first kappa shape index (κ1) is 21.8. The Morgan fingerprint density at radius 2 is 1.78 bits per heavy atom. The molecule has 0 unspecified atom stereocenters. The summed E-state index contributed by atoms with van der Waals surface area (Å²) in [6, 6.07) is 9.16. The van der Waals surface area contributed by atoms with E-state index in [9.17, 15) is 9.59 Å². The lowest BCUT2D eigenvalue weighted by Crippen LogP contribution is -2.48. The summed E-state index contributed by atoms with van der Waals surface area (Å²) in [6.07, 6.45) is 5.04. The highest BCUT2D eigenvalue weighted by Crippen LogP contribution is 2.23. The van der Waals surface area contributed by atoms with Crippen LogP contribution in [0.5, 0.6) is 0 Å². The van der Waals surface area contributed by atoms with Gasteiger partial charge in [0, 0.05) is 50.6 Å². The SMILES string of the molecule is Cc1nn(C)c(C)c1C=CC(=O)N1CCN(c2cnn(-c3ccccc3)c(=O)c2Cl)CC1. The average molecular weight is 453 g/mol. The topological polar surface area (TPSA) is 76.3 Å². The third kappa shape index (κ3) is 4.18. The van der Waals surface area contributed by atoms with Crippen molar-refractivity contribution in [2.24, 2.45) is 7.05 Å². The van der Waals surface area contributed by atoms with E-state index in [1.54, 1.807) is 29.3 Å². The van der Waals surface area contributed by atoms with E-state index in [-0.39, 0.29) is 16.5 Å². The van der Waals surface area contributed by atoms with Crippen LogP contribution in [-0.2, 0) is 11.8 Å².